The first kappa shape index (κ1) is 22.2. The summed E-state index contributed by atoms with van der Waals surface area (Å²) >= 11 is 0. The van der Waals surface area contributed by atoms with Crippen molar-refractivity contribution in [3.63, 3.8) is 0 Å². The van der Waals surface area contributed by atoms with Crippen LogP contribution in [0.5, 0.6) is 0 Å². The molecule has 2 heterocycles. The largest absolute Gasteiger partial charge is 0.454 e. The number of ether oxygens (including phenoxy) is 1. The van der Waals surface area contributed by atoms with Gasteiger partial charge in [-0.05, 0) is 36.6 Å². The fourth-order valence-electron chi connectivity index (χ4n) is 4.01. The van der Waals surface area contributed by atoms with E-state index in [2.05, 4.69) is 5.32 Å². The minimum Gasteiger partial charge on any atom is -0.454 e. The number of fused-ring (bicyclic) bond motifs is 2. The van der Waals surface area contributed by atoms with Crippen molar-refractivity contribution >= 4 is 41.0 Å². The van der Waals surface area contributed by atoms with E-state index < -0.39 is 36.3 Å². The van der Waals surface area contributed by atoms with E-state index in [-0.39, 0.29) is 35.9 Å². The Morgan fingerprint density at radius 3 is 2.21 bits per heavy atom. The van der Waals surface area contributed by atoms with Gasteiger partial charge in [0.05, 0.1) is 22.5 Å². The number of imide groups is 1. The average molecular weight is 449 g/mol. The monoisotopic (exact) mass is 449 g/mol. The van der Waals surface area contributed by atoms with Crippen molar-refractivity contribution in [2.75, 3.05) is 23.4 Å². The van der Waals surface area contributed by atoms with Gasteiger partial charge < -0.3 is 10.1 Å². The molecule has 4 rings (SSSR count). The quantitative estimate of drug-likeness (QED) is 0.535. The van der Waals surface area contributed by atoms with Crippen LogP contribution in [0, 0.1) is 5.92 Å². The fraction of sp³-hybridized carbons (Fsp3) is 0.292. The van der Waals surface area contributed by atoms with Crippen molar-refractivity contribution in [2.24, 2.45) is 5.92 Å². The van der Waals surface area contributed by atoms with Gasteiger partial charge >= 0.3 is 5.97 Å². The second kappa shape index (κ2) is 8.85. The van der Waals surface area contributed by atoms with Crippen molar-refractivity contribution < 1.29 is 28.7 Å². The number of hydrogen-bond acceptors (Lipinski definition) is 6. The Labute approximate surface area is 190 Å². The van der Waals surface area contributed by atoms with Crippen LogP contribution in [-0.4, -0.2) is 53.7 Å². The molecule has 1 N–H and O–H groups in total. The Hall–Kier alpha value is -4.01. The van der Waals surface area contributed by atoms with Gasteiger partial charge in [0, 0.05) is 0 Å². The van der Waals surface area contributed by atoms with Crippen LogP contribution in [0.1, 0.15) is 41.0 Å². The SMILES string of the molecule is CC(C)C[C@@H](C(=O)OCC(=O)N1CC(=O)Nc2ccccc21)N1C(=O)c2ccccc2C1=O. The average Bonchev–Trinajstić information content (AvgIpc) is 3.05. The molecule has 0 aliphatic carbocycles. The molecule has 0 fully saturated rings. The first-order valence-electron chi connectivity index (χ1n) is 10.6. The maximum atomic E-state index is 13.0. The molecule has 33 heavy (non-hydrogen) atoms. The second-order valence-electron chi connectivity index (χ2n) is 8.32. The predicted octanol–water partition coefficient (Wildman–Crippen LogP) is 2.23. The molecule has 2 aromatic carbocycles. The lowest BCUT2D eigenvalue weighted by Crippen LogP contribution is -2.48. The zero-order chi connectivity index (χ0) is 23.7. The normalized spacial score (nSPS) is 15.8. The first-order chi connectivity index (χ1) is 15.8. The van der Waals surface area contributed by atoms with Gasteiger partial charge in [-0.3, -0.25) is 29.0 Å². The Morgan fingerprint density at radius 2 is 1.58 bits per heavy atom. The van der Waals surface area contributed by atoms with Gasteiger partial charge in [0.25, 0.3) is 17.7 Å². The number of carbonyl (C=O) groups is 5. The van der Waals surface area contributed by atoms with Crippen LogP contribution in [0.25, 0.3) is 0 Å². The fourth-order valence-corrected chi connectivity index (χ4v) is 4.01. The van der Waals surface area contributed by atoms with Crippen molar-refractivity contribution in [3.05, 3.63) is 59.7 Å². The molecule has 0 spiro atoms. The van der Waals surface area contributed by atoms with Crippen molar-refractivity contribution in [1.29, 1.82) is 0 Å². The molecule has 170 valence electrons. The predicted molar refractivity (Wildman–Crippen MR) is 119 cm³/mol. The van der Waals surface area contributed by atoms with Crippen LogP contribution >= 0.6 is 0 Å². The highest BCUT2D eigenvalue weighted by Crippen LogP contribution is 2.30. The minimum absolute atomic E-state index is 0.0276. The molecule has 0 saturated carbocycles. The zero-order valence-corrected chi connectivity index (χ0v) is 18.2. The Bertz CT molecular complexity index is 1120. The highest BCUT2D eigenvalue weighted by molar-refractivity contribution is 6.22. The van der Waals surface area contributed by atoms with E-state index in [9.17, 15) is 24.0 Å². The van der Waals surface area contributed by atoms with Crippen molar-refractivity contribution in [3.8, 4) is 0 Å². The summed E-state index contributed by atoms with van der Waals surface area (Å²) in [5.74, 6) is -2.95. The summed E-state index contributed by atoms with van der Waals surface area (Å²) in [6.45, 7) is 2.87. The van der Waals surface area contributed by atoms with Gasteiger partial charge in [-0.15, -0.1) is 0 Å². The lowest BCUT2D eigenvalue weighted by molar-refractivity contribution is -0.152. The topological polar surface area (TPSA) is 113 Å². The maximum Gasteiger partial charge on any atom is 0.329 e. The van der Waals surface area contributed by atoms with Crippen LogP contribution in [0.3, 0.4) is 0 Å². The molecule has 4 amide bonds. The number of para-hydroxylation sites is 2. The van der Waals surface area contributed by atoms with E-state index in [0.29, 0.717) is 11.4 Å². The number of esters is 1. The summed E-state index contributed by atoms with van der Waals surface area (Å²) in [4.78, 5) is 65.7. The summed E-state index contributed by atoms with van der Waals surface area (Å²) in [6, 6.07) is 12.0. The Balaban J connectivity index is 1.50. The molecular formula is C24H23N3O6. The molecule has 2 aliphatic rings. The summed E-state index contributed by atoms with van der Waals surface area (Å²) in [6.07, 6.45) is 0.188. The highest BCUT2D eigenvalue weighted by Gasteiger charge is 2.43. The van der Waals surface area contributed by atoms with E-state index >= 15 is 0 Å². The number of nitrogens with zero attached hydrogens (tertiary/aromatic N) is 2. The lowest BCUT2D eigenvalue weighted by atomic mass is 10.0. The number of nitrogens with one attached hydrogen (secondary N) is 1. The molecule has 0 bridgehead atoms. The minimum atomic E-state index is -1.16. The zero-order valence-electron chi connectivity index (χ0n) is 18.2. The molecular weight excluding hydrogens is 426 g/mol. The van der Waals surface area contributed by atoms with Gasteiger partial charge in [0.2, 0.25) is 5.91 Å². The van der Waals surface area contributed by atoms with E-state index in [4.69, 9.17) is 4.74 Å². The van der Waals surface area contributed by atoms with E-state index in [1.807, 2.05) is 13.8 Å². The molecule has 0 unspecified atom stereocenters. The van der Waals surface area contributed by atoms with Gasteiger partial charge in [0.1, 0.15) is 12.6 Å². The smallest absolute Gasteiger partial charge is 0.329 e. The van der Waals surface area contributed by atoms with Gasteiger partial charge in [0.15, 0.2) is 6.61 Å². The number of hydrogen-bond donors (Lipinski definition) is 1. The molecule has 0 saturated heterocycles. The molecule has 1 atom stereocenters. The third-order valence-corrected chi connectivity index (χ3v) is 5.51. The summed E-state index contributed by atoms with van der Waals surface area (Å²) < 4.78 is 5.27. The standard InChI is InChI=1S/C24H23N3O6/c1-14(2)11-19(27-22(30)15-7-3-4-8-16(15)23(27)31)24(32)33-13-21(29)26-12-20(28)25-17-9-5-6-10-18(17)26/h3-10,14,19H,11-13H2,1-2H3,(H,25,28)/t19-/m0/s1. The molecule has 2 aliphatic heterocycles. The lowest BCUT2D eigenvalue weighted by Gasteiger charge is -2.29. The van der Waals surface area contributed by atoms with E-state index in [0.717, 1.165) is 4.90 Å². The van der Waals surface area contributed by atoms with Gasteiger partial charge in [-0.2, -0.15) is 0 Å². The van der Waals surface area contributed by atoms with Crippen molar-refractivity contribution in [1.82, 2.24) is 4.90 Å². The molecule has 9 heteroatoms. The molecule has 0 radical (unpaired) electrons. The molecule has 9 nitrogen and oxygen atoms in total. The third kappa shape index (κ3) is 4.21. The first-order valence-corrected chi connectivity index (χ1v) is 10.6. The summed E-state index contributed by atoms with van der Waals surface area (Å²) in [7, 11) is 0. The molecule has 2 aromatic rings. The summed E-state index contributed by atoms with van der Waals surface area (Å²) in [5.41, 5.74) is 1.45. The van der Waals surface area contributed by atoms with Crippen LogP contribution in [-0.2, 0) is 19.1 Å². The van der Waals surface area contributed by atoms with Gasteiger partial charge in [-0.1, -0.05) is 38.1 Å². The number of carbonyl (C=O) groups excluding carboxylic acids is 5. The van der Waals surface area contributed by atoms with Crippen molar-refractivity contribution in [2.45, 2.75) is 26.3 Å². The number of amides is 4. The number of anilines is 2. The second-order valence-corrected chi connectivity index (χ2v) is 8.32. The van der Waals surface area contributed by atoms with E-state index in [1.165, 1.54) is 17.0 Å². The Morgan fingerprint density at radius 1 is 0.970 bits per heavy atom. The number of rotatable bonds is 6. The number of benzene rings is 2. The molecule has 0 aromatic heterocycles. The van der Waals surface area contributed by atoms with Crippen LogP contribution in [0.4, 0.5) is 11.4 Å². The summed E-state index contributed by atoms with van der Waals surface area (Å²) in [5, 5.41) is 2.68. The van der Waals surface area contributed by atoms with Crippen LogP contribution in [0.2, 0.25) is 0 Å². The van der Waals surface area contributed by atoms with E-state index in [1.54, 1.807) is 36.4 Å². The van der Waals surface area contributed by atoms with Crippen LogP contribution < -0.4 is 10.2 Å². The maximum absolute atomic E-state index is 13.0. The Kier molecular flexibility index (Phi) is 5.95. The third-order valence-electron chi connectivity index (χ3n) is 5.51. The highest BCUT2D eigenvalue weighted by atomic mass is 16.5. The van der Waals surface area contributed by atoms with Crippen LogP contribution in [0.15, 0.2) is 48.5 Å². The van der Waals surface area contributed by atoms with Gasteiger partial charge in [-0.25, -0.2) is 4.79 Å².